The zero-order valence-corrected chi connectivity index (χ0v) is 26.1. The summed E-state index contributed by atoms with van der Waals surface area (Å²) in [5.41, 5.74) is 7.42. The average molecular weight is 625 g/mol. The standard InChI is InChI=1S/C40H24N4S2/c1-4-11-26(12-5-1)37-42-38(27-13-6-2-7-14-27)44-39(43-37)28-21-19-25(20-22-28)30-17-10-18-33-36(30)31-23-32-35(24-34(31)45-33)46-40(41-32)29-15-8-3-9-16-29/h1-24H. The number of fused-ring (bicyclic) bond motifs is 4. The summed E-state index contributed by atoms with van der Waals surface area (Å²) in [6.45, 7) is 0. The van der Waals surface area contributed by atoms with E-state index in [1.807, 2.05) is 78.1 Å². The predicted octanol–water partition coefficient (Wildman–Crippen LogP) is 11.2. The number of thiophene rings is 1. The second-order valence-electron chi connectivity index (χ2n) is 11.1. The van der Waals surface area contributed by atoms with E-state index in [0.29, 0.717) is 17.5 Å². The smallest absolute Gasteiger partial charge is 0.164 e. The molecule has 0 N–H and O–H groups in total. The Hall–Kier alpha value is -5.56. The van der Waals surface area contributed by atoms with Gasteiger partial charge in [0.2, 0.25) is 0 Å². The average Bonchev–Trinajstić information content (AvgIpc) is 3.72. The van der Waals surface area contributed by atoms with E-state index < -0.39 is 0 Å². The molecule has 216 valence electrons. The van der Waals surface area contributed by atoms with Crippen LogP contribution in [0, 0.1) is 0 Å². The second-order valence-corrected chi connectivity index (χ2v) is 13.2. The van der Waals surface area contributed by atoms with E-state index in [9.17, 15) is 0 Å². The Morgan fingerprint density at radius 3 is 1.52 bits per heavy atom. The Morgan fingerprint density at radius 2 is 0.913 bits per heavy atom. The van der Waals surface area contributed by atoms with Crippen LogP contribution < -0.4 is 0 Å². The topological polar surface area (TPSA) is 51.6 Å². The van der Waals surface area contributed by atoms with Crippen molar-refractivity contribution in [1.29, 1.82) is 0 Å². The van der Waals surface area contributed by atoms with Crippen molar-refractivity contribution >= 4 is 53.1 Å². The number of hydrogen-bond donors (Lipinski definition) is 0. The molecule has 0 bridgehead atoms. The fourth-order valence-corrected chi connectivity index (χ4v) is 8.15. The highest BCUT2D eigenvalue weighted by Gasteiger charge is 2.16. The highest BCUT2D eigenvalue weighted by molar-refractivity contribution is 7.26. The Morgan fingerprint density at radius 1 is 0.370 bits per heavy atom. The van der Waals surface area contributed by atoms with Gasteiger partial charge in [0.1, 0.15) is 5.01 Å². The van der Waals surface area contributed by atoms with Crippen molar-refractivity contribution in [3.05, 3.63) is 146 Å². The third kappa shape index (κ3) is 4.76. The van der Waals surface area contributed by atoms with Gasteiger partial charge in [0.15, 0.2) is 17.5 Å². The van der Waals surface area contributed by atoms with Crippen LogP contribution in [0.3, 0.4) is 0 Å². The molecule has 0 saturated carbocycles. The normalized spacial score (nSPS) is 11.5. The molecule has 0 atom stereocenters. The molecular formula is C40H24N4S2. The van der Waals surface area contributed by atoms with E-state index in [4.69, 9.17) is 19.9 Å². The summed E-state index contributed by atoms with van der Waals surface area (Å²) in [7, 11) is 0. The van der Waals surface area contributed by atoms with E-state index in [1.54, 1.807) is 11.3 Å². The Bertz CT molecular complexity index is 2450. The lowest BCUT2D eigenvalue weighted by atomic mass is 9.98. The Labute approximate surface area is 273 Å². The van der Waals surface area contributed by atoms with Crippen LogP contribution in [0.2, 0.25) is 0 Å². The second kappa shape index (κ2) is 11.1. The van der Waals surface area contributed by atoms with E-state index >= 15 is 0 Å². The van der Waals surface area contributed by atoms with E-state index in [0.717, 1.165) is 38.3 Å². The molecule has 0 amide bonds. The maximum absolute atomic E-state index is 5.03. The van der Waals surface area contributed by atoms with Crippen molar-refractivity contribution in [2.24, 2.45) is 0 Å². The minimum Gasteiger partial charge on any atom is -0.236 e. The van der Waals surface area contributed by atoms with Gasteiger partial charge in [-0.3, -0.25) is 0 Å². The predicted molar refractivity (Wildman–Crippen MR) is 193 cm³/mol. The molecule has 9 rings (SSSR count). The summed E-state index contributed by atoms with van der Waals surface area (Å²) < 4.78 is 3.77. The molecule has 0 aliphatic rings. The molecule has 0 aliphatic heterocycles. The van der Waals surface area contributed by atoms with Crippen LogP contribution in [0.5, 0.6) is 0 Å². The number of thiazole rings is 1. The van der Waals surface area contributed by atoms with Crippen molar-refractivity contribution in [3.63, 3.8) is 0 Å². The molecule has 0 saturated heterocycles. The molecule has 9 aromatic rings. The van der Waals surface area contributed by atoms with Gasteiger partial charge in [-0.1, -0.05) is 127 Å². The molecule has 4 nitrogen and oxygen atoms in total. The van der Waals surface area contributed by atoms with Crippen LogP contribution in [0.1, 0.15) is 0 Å². The molecule has 0 radical (unpaired) electrons. The van der Waals surface area contributed by atoms with Gasteiger partial charge in [-0.2, -0.15) is 0 Å². The fraction of sp³-hybridized carbons (Fsp3) is 0. The van der Waals surface area contributed by atoms with Crippen molar-refractivity contribution in [3.8, 4) is 55.9 Å². The van der Waals surface area contributed by atoms with E-state index in [2.05, 4.69) is 78.9 Å². The molecule has 3 heterocycles. The van der Waals surface area contributed by atoms with E-state index in [-0.39, 0.29) is 0 Å². The van der Waals surface area contributed by atoms with Gasteiger partial charge in [0.25, 0.3) is 0 Å². The summed E-state index contributed by atoms with van der Waals surface area (Å²) in [5.74, 6) is 1.97. The number of rotatable bonds is 5. The third-order valence-electron chi connectivity index (χ3n) is 8.18. The highest BCUT2D eigenvalue weighted by Crippen LogP contribution is 2.43. The molecule has 0 aliphatic carbocycles. The number of hydrogen-bond acceptors (Lipinski definition) is 6. The molecule has 0 fully saturated rings. The first kappa shape index (κ1) is 26.8. The van der Waals surface area contributed by atoms with Crippen molar-refractivity contribution in [1.82, 2.24) is 19.9 Å². The van der Waals surface area contributed by atoms with Crippen molar-refractivity contribution < 1.29 is 0 Å². The number of aromatic nitrogens is 4. The van der Waals surface area contributed by atoms with Gasteiger partial charge in [0, 0.05) is 42.4 Å². The Balaban J connectivity index is 1.14. The summed E-state index contributed by atoms with van der Waals surface area (Å²) in [5, 5.41) is 3.57. The lowest BCUT2D eigenvalue weighted by Crippen LogP contribution is -2.00. The van der Waals surface area contributed by atoms with E-state index in [1.165, 1.54) is 30.4 Å². The summed E-state index contributed by atoms with van der Waals surface area (Å²) >= 11 is 3.59. The largest absolute Gasteiger partial charge is 0.236 e. The van der Waals surface area contributed by atoms with Gasteiger partial charge in [-0.15, -0.1) is 22.7 Å². The van der Waals surface area contributed by atoms with Crippen LogP contribution in [-0.4, -0.2) is 19.9 Å². The van der Waals surface area contributed by atoms with Gasteiger partial charge in [-0.25, -0.2) is 19.9 Å². The van der Waals surface area contributed by atoms with Gasteiger partial charge < -0.3 is 0 Å². The summed E-state index contributed by atoms with van der Waals surface area (Å²) in [4.78, 5) is 19.7. The molecule has 6 heteroatoms. The zero-order valence-electron chi connectivity index (χ0n) is 24.5. The van der Waals surface area contributed by atoms with Crippen LogP contribution in [0.4, 0.5) is 0 Å². The van der Waals surface area contributed by atoms with Gasteiger partial charge >= 0.3 is 0 Å². The van der Waals surface area contributed by atoms with Crippen LogP contribution in [0.25, 0.3) is 86.3 Å². The monoisotopic (exact) mass is 624 g/mol. The minimum atomic E-state index is 0.651. The van der Waals surface area contributed by atoms with Crippen molar-refractivity contribution in [2.75, 3.05) is 0 Å². The first-order valence-corrected chi connectivity index (χ1v) is 16.7. The molecule has 3 aromatic heterocycles. The number of benzene rings is 6. The molecule has 0 unspecified atom stereocenters. The summed E-state index contributed by atoms with van der Waals surface area (Å²) in [6, 6.07) is 50.3. The molecule has 6 aromatic carbocycles. The van der Waals surface area contributed by atoms with Gasteiger partial charge in [-0.05, 0) is 29.3 Å². The Kier molecular flexibility index (Phi) is 6.47. The SMILES string of the molecule is c1ccc(-c2nc(-c3ccccc3)nc(-c3ccc(-c4cccc5sc6cc7sc(-c8ccccc8)nc7cc6c45)cc3)n2)cc1. The highest BCUT2D eigenvalue weighted by atomic mass is 32.1. The molecular weight excluding hydrogens is 601 g/mol. The van der Waals surface area contributed by atoms with Crippen LogP contribution in [-0.2, 0) is 0 Å². The maximum atomic E-state index is 5.03. The maximum Gasteiger partial charge on any atom is 0.164 e. The third-order valence-corrected chi connectivity index (χ3v) is 10.4. The number of nitrogens with zero attached hydrogens (tertiary/aromatic N) is 4. The van der Waals surface area contributed by atoms with Crippen molar-refractivity contribution in [2.45, 2.75) is 0 Å². The fourth-order valence-electron chi connectivity index (χ4n) is 5.93. The molecule has 46 heavy (non-hydrogen) atoms. The van der Waals surface area contributed by atoms with Crippen LogP contribution in [0.15, 0.2) is 146 Å². The minimum absolute atomic E-state index is 0.651. The van der Waals surface area contributed by atoms with Crippen LogP contribution >= 0.6 is 22.7 Å². The molecule has 0 spiro atoms. The lowest BCUT2D eigenvalue weighted by molar-refractivity contribution is 1.07. The van der Waals surface area contributed by atoms with Gasteiger partial charge in [0.05, 0.1) is 10.2 Å². The zero-order chi connectivity index (χ0) is 30.5. The lowest BCUT2D eigenvalue weighted by Gasteiger charge is -2.09. The first-order chi connectivity index (χ1) is 22.8. The quantitative estimate of drug-likeness (QED) is 0.191. The summed E-state index contributed by atoms with van der Waals surface area (Å²) in [6.07, 6.45) is 0. The first-order valence-electron chi connectivity index (χ1n) is 15.1.